The largest absolute Gasteiger partial charge is 0.466 e. The molecule has 3 rings (SSSR count). The molecular formula is C17H26N5O6P. The summed E-state index contributed by atoms with van der Waals surface area (Å²) in [6, 6.07) is 0. The molecule has 4 unspecified atom stereocenters. The van der Waals surface area contributed by atoms with Crippen LogP contribution in [0, 0.1) is 5.92 Å². The summed E-state index contributed by atoms with van der Waals surface area (Å²) in [5.74, 6) is -0.240. The summed E-state index contributed by atoms with van der Waals surface area (Å²) in [5, 5.41) is 0. The molecule has 0 saturated carbocycles. The number of aromatic nitrogens is 4. The van der Waals surface area contributed by atoms with E-state index in [2.05, 4.69) is 15.0 Å². The van der Waals surface area contributed by atoms with Crippen LogP contribution >= 0.6 is 8.60 Å². The van der Waals surface area contributed by atoms with E-state index in [1.54, 1.807) is 20.2 Å². The van der Waals surface area contributed by atoms with E-state index in [1.807, 2.05) is 4.57 Å². The van der Waals surface area contributed by atoms with Crippen molar-refractivity contribution in [1.29, 1.82) is 0 Å². The minimum atomic E-state index is -2.03. The Labute approximate surface area is 169 Å². The molecule has 2 aromatic heterocycles. The van der Waals surface area contributed by atoms with E-state index in [-0.39, 0.29) is 37.4 Å². The zero-order chi connectivity index (χ0) is 20.8. The van der Waals surface area contributed by atoms with Crippen LogP contribution in [0.2, 0.25) is 0 Å². The number of hydrogen-bond acceptors (Lipinski definition) is 10. The molecule has 29 heavy (non-hydrogen) atoms. The first-order chi connectivity index (χ1) is 14.0. The number of ether oxygens (including phenoxy) is 2. The van der Waals surface area contributed by atoms with Gasteiger partial charge in [0.05, 0.1) is 38.2 Å². The number of nitrogens with zero attached hydrogens (tertiary/aromatic N) is 4. The number of rotatable bonds is 10. The van der Waals surface area contributed by atoms with Gasteiger partial charge in [0.2, 0.25) is 0 Å². The Hall–Kier alpha value is -1.91. The Balaban J connectivity index is 1.40. The lowest BCUT2D eigenvalue weighted by molar-refractivity contribution is -0.147. The number of imidazole rings is 1. The van der Waals surface area contributed by atoms with Crippen molar-refractivity contribution in [2.24, 2.45) is 5.92 Å². The molecule has 3 heterocycles. The summed E-state index contributed by atoms with van der Waals surface area (Å²) in [5.41, 5.74) is 6.97. The molecule has 160 valence electrons. The van der Waals surface area contributed by atoms with Crippen molar-refractivity contribution >= 4 is 31.6 Å². The van der Waals surface area contributed by atoms with E-state index < -0.39 is 8.60 Å². The van der Waals surface area contributed by atoms with Gasteiger partial charge in [-0.15, -0.1) is 0 Å². The van der Waals surface area contributed by atoms with Gasteiger partial charge >= 0.3 is 14.6 Å². The lowest BCUT2D eigenvalue weighted by Gasteiger charge is -2.17. The molecule has 0 radical (unpaired) electrons. The third-order valence-electron chi connectivity index (χ3n) is 4.59. The van der Waals surface area contributed by atoms with Gasteiger partial charge in [-0.25, -0.2) is 15.0 Å². The maximum absolute atomic E-state index is 11.5. The monoisotopic (exact) mass is 427 g/mol. The lowest BCUT2D eigenvalue weighted by Crippen LogP contribution is -2.17. The predicted octanol–water partition coefficient (Wildman–Crippen LogP) is 1.93. The normalized spacial score (nSPS) is 21.3. The highest BCUT2D eigenvalue weighted by Crippen LogP contribution is 2.36. The number of carbonyl (C=O) groups is 1. The van der Waals surface area contributed by atoms with Crippen molar-refractivity contribution in [3.05, 3.63) is 12.7 Å². The van der Waals surface area contributed by atoms with Crippen molar-refractivity contribution in [2.75, 3.05) is 25.6 Å². The van der Waals surface area contributed by atoms with Crippen LogP contribution in [-0.4, -0.2) is 56.3 Å². The smallest absolute Gasteiger partial charge is 0.329 e. The number of hydrogen-bond donors (Lipinski definition) is 2. The van der Waals surface area contributed by atoms with Gasteiger partial charge in [0.15, 0.2) is 11.5 Å². The molecule has 12 heteroatoms. The fraction of sp³-hybridized carbons (Fsp3) is 0.647. The Bertz CT molecular complexity index is 821. The van der Waals surface area contributed by atoms with Crippen LogP contribution in [0.3, 0.4) is 0 Å². The summed E-state index contributed by atoms with van der Waals surface area (Å²) < 4.78 is 23.4. The SMILES string of the molecule is CCOC(=O)C(C)CCOP(O)OCC1CCC(n2cnc3c(N)ncnc32)O1. The number of nitrogens with two attached hydrogens (primary N) is 1. The molecule has 4 atom stereocenters. The Morgan fingerprint density at radius 1 is 1.41 bits per heavy atom. The maximum atomic E-state index is 11.5. The minimum absolute atomic E-state index is 0.184. The van der Waals surface area contributed by atoms with Crippen LogP contribution in [0.1, 0.15) is 39.3 Å². The predicted molar refractivity (Wildman–Crippen MR) is 104 cm³/mol. The summed E-state index contributed by atoms with van der Waals surface area (Å²) in [7, 11) is -2.03. The highest BCUT2D eigenvalue weighted by atomic mass is 31.2. The second kappa shape index (κ2) is 10.2. The van der Waals surface area contributed by atoms with E-state index in [4.69, 9.17) is 24.3 Å². The van der Waals surface area contributed by atoms with Crippen LogP contribution < -0.4 is 5.73 Å². The van der Waals surface area contributed by atoms with Gasteiger partial charge in [-0.2, -0.15) is 0 Å². The third-order valence-corrected chi connectivity index (χ3v) is 5.37. The van der Waals surface area contributed by atoms with Crippen molar-refractivity contribution in [1.82, 2.24) is 19.5 Å². The van der Waals surface area contributed by atoms with E-state index >= 15 is 0 Å². The number of carbonyl (C=O) groups excluding carboxylic acids is 1. The molecule has 3 N–H and O–H groups in total. The topological polar surface area (TPSA) is 144 Å². The zero-order valence-corrected chi connectivity index (χ0v) is 17.3. The quantitative estimate of drug-likeness (QED) is 0.426. The molecule has 1 aliphatic rings. The summed E-state index contributed by atoms with van der Waals surface area (Å²) in [6.45, 7) is 4.27. The highest BCUT2D eigenvalue weighted by Gasteiger charge is 2.29. The van der Waals surface area contributed by atoms with Crippen molar-refractivity contribution < 1.29 is 28.2 Å². The van der Waals surface area contributed by atoms with Crippen LogP contribution in [0.4, 0.5) is 5.82 Å². The van der Waals surface area contributed by atoms with Crippen molar-refractivity contribution in [2.45, 2.75) is 45.4 Å². The molecule has 1 saturated heterocycles. The molecule has 1 fully saturated rings. The molecule has 0 bridgehead atoms. The Kier molecular flexibility index (Phi) is 7.68. The van der Waals surface area contributed by atoms with Crippen LogP contribution in [-0.2, 0) is 23.3 Å². The van der Waals surface area contributed by atoms with Gasteiger partial charge in [-0.05, 0) is 26.2 Å². The summed E-state index contributed by atoms with van der Waals surface area (Å²) in [4.78, 5) is 33.8. The molecule has 2 aromatic rings. The molecule has 1 aliphatic heterocycles. The van der Waals surface area contributed by atoms with Gasteiger partial charge in [-0.3, -0.25) is 9.36 Å². The zero-order valence-electron chi connectivity index (χ0n) is 16.4. The van der Waals surface area contributed by atoms with Gasteiger partial charge in [0.1, 0.15) is 18.1 Å². The standard InChI is InChI=1S/C17H26N5O6P/c1-3-25-17(23)11(2)6-7-26-29(24)27-8-12-4-5-13(28-12)22-10-21-14-15(18)19-9-20-16(14)22/h9-13,24H,3-8H2,1-2H3,(H2,18,19,20). The summed E-state index contributed by atoms with van der Waals surface area (Å²) in [6.07, 6.45) is 4.57. The second-order valence-electron chi connectivity index (χ2n) is 6.68. The molecule has 11 nitrogen and oxygen atoms in total. The lowest BCUT2D eigenvalue weighted by atomic mass is 10.1. The van der Waals surface area contributed by atoms with Gasteiger partial charge < -0.3 is 29.1 Å². The van der Waals surface area contributed by atoms with Crippen LogP contribution in [0.5, 0.6) is 0 Å². The van der Waals surface area contributed by atoms with E-state index in [0.717, 1.165) is 12.8 Å². The third kappa shape index (κ3) is 5.58. The second-order valence-corrected chi connectivity index (χ2v) is 7.67. The minimum Gasteiger partial charge on any atom is -0.466 e. The number of anilines is 1. The molecule has 0 aliphatic carbocycles. The highest BCUT2D eigenvalue weighted by molar-refractivity contribution is 7.40. The van der Waals surface area contributed by atoms with Gasteiger partial charge in [0, 0.05) is 0 Å². The molecule has 0 aromatic carbocycles. The van der Waals surface area contributed by atoms with Crippen LogP contribution in [0.25, 0.3) is 11.2 Å². The van der Waals surface area contributed by atoms with E-state index in [0.29, 0.717) is 30.0 Å². The fourth-order valence-electron chi connectivity index (χ4n) is 2.99. The fourth-order valence-corrected chi connectivity index (χ4v) is 3.62. The first-order valence-corrected chi connectivity index (χ1v) is 10.6. The average Bonchev–Trinajstić information content (AvgIpc) is 3.34. The summed E-state index contributed by atoms with van der Waals surface area (Å²) >= 11 is 0. The average molecular weight is 427 g/mol. The Morgan fingerprint density at radius 3 is 3.03 bits per heavy atom. The van der Waals surface area contributed by atoms with Crippen molar-refractivity contribution in [3.63, 3.8) is 0 Å². The molecule has 0 amide bonds. The van der Waals surface area contributed by atoms with Gasteiger partial charge in [-0.1, -0.05) is 6.92 Å². The first-order valence-electron chi connectivity index (χ1n) is 9.49. The van der Waals surface area contributed by atoms with Crippen molar-refractivity contribution in [3.8, 4) is 0 Å². The van der Waals surface area contributed by atoms with Crippen LogP contribution in [0.15, 0.2) is 12.7 Å². The maximum Gasteiger partial charge on any atom is 0.329 e. The number of esters is 1. The van der Waals surface area contributed by atoms with Gasteiger partial charge in [0.25, 0.3) is 0 Å². The Morgan fingerprint density at radius 2 is 2.24 bits per heavy atom. The van der Waals surface area contributed by atoms with E-state index in [1.165, 1.54) is 6.33 Å². The first kappa shape index (κ1) is 21.8. The van der Waals surface area contributed by atoms with E-state index in [9.17, 15) is 9.69 Å². The molecular weight excluding hydrogens is 401 g/mol. The number of fused-ring (bicyclic) bond motifs is 1. The molecule has 0 spiro atoms. The number of nitrogen functional groups attached to an aromatic ring is 1.